The number of rotatable bonds is 7. The zero-order chi connectivity index (χ0) is 16.7. The van der Waals surface area contributed by atoms with Crippen molar-refractivity contribution in [3.8, 4) is 0 Å². The first-order valence-electron chi connectivity index (χ1n) is 7.29. The Hall–Kier alpha value is -2.48. The van der Waals surface area contributed by atoms with Gasteiger partial charge in [0, 0.05) is 30.6 Å². The number of carbonyl (C=O) groups excluding carboxylic acids is 2. The molecule has 122 valence electrons. The molecule has 0 spiro atoms. The van der Waals surface area contributed by atoms with Crippen molar-refractivity contribution in [2.75, 3.05) is 11.9 Å². The zero-order valence-electron chi connectivity index (χ0n) is 12.7. The van der Waals surface area contributed by atoms with Gasteiger partial charge in [0.15, 0.2) is 5.13 Å². The molecule has 0 bridgehead atoms. The minimum Gasteiger partial charge on any atom is -0.356 e. The van der Waals surface area contributed by atoms with Crippen LogP contribution in [0.1, 0.15) is 35.8 Å². The van der Waals surface area contributed by atoms with Crippen LogP contribution in [-0.2, 0) is 11.2 Å². The normalized spacial score (nSPS) is 10.3. The van der Waals surface area contributed by atoms with E-state index in [0.717, 1.165) is 12.1 Å². The van der Waals surface area contributed by atoms with Gasteiger partial charge < -0.3 is 10.3 Å². The molecule has 0 aromatic carbocycles. The summed E-state index contributed by atoms with van der Waals surface area (Å²) in [5.74, 6) is -0.346. The summed E-state index contributed by atoms with van der Waals surface area (Å²) in [4.78, 5) is 41.2. The average Bonchev–Trinajstić information content (AvgIpc) is 2.99. The minimum atomic E-state index is -0.345. The fourth-order valence-electron chi connectivity index (χ4n) is 1.79. The Morgan fingerprint density at radius 2 is 2.17 bits per heavy atom. The monoisotopic (exact) mass is 334 g/mol. The molecule has 0 fully saturated rings. The minimum absolute atomic E-state index is 0.00123. The first-order valence-corrected chi connectivity index (χ1v) is 8.17. The van der Waals surface area contributed by atoms with Gasteiger partial charge in [-0.2, -0.15) is 0 Å². The third kappa shape index (κ3) is 5.33. The molecule has 2 amide bonds. The second kappa shape index (κ2) is 8.23. The molecule has 2 rings (SSSR count). The summed E-state index contributed by atoms with van der Waals surface area (Å²) in [7, 11) is 0. The predicted octanol–water partition coefficient (Wildman–Crippen LogP) is 1.54. The second-order valence-electron chi connectivity index (χ2n) is 4.89. The Morgan fingerprint density at radius 3 is 2.87 bits per heavy atom. The van der Waals surface area contributed by atoms with Crippen molar-refractivity contribution < 1.29 is 9.59 Å². The molecule has 2 aromatic heterocycles. The fourth-order valence-corrected chi connectivity index (χ4v) is 2.53. The molecule has 0 saturated carbocycles. The maximum Gasteiger partial charge on any atom is 0.258 e. The summed E-state index contributed by atoms with van der Waals surface area (Å²) in [6.07, 6.45) is 3.16. The number of H-pyrrole nitrogens is 1. The number of anilines is 1. The second-order valence-corrected chi connectivity index (χ2v) is 5.75. The molecule has 3 N–H and O–H groups in total. The van der Waals surface area contributed by atoms with Crippen molar-refractivity contribution in [3.63, 3.8) is 0 Å². The first kappa shape index (κ1) is 16.9. The van der Waals surface area contributed by atoms with E-state index < -0.39 is 0 Å². The van der Waals surface area contributed by atoms with Crippen LogP contribution in [0, 0.1) is 0 Å². The van der Waals surface area contributed by atoms with Gasteiger partial charge in [0.25, 0.3) is 5.91 Å². The number of aromatic nitrogens is 2. The van der Waals surface area contributed by atoms with Crippen molar-refractivity contribution in [3.05, 3.63) is 45.3 Å². The Labute approximate surface area is 137 Å². The lowest BCUT2D eigenvalue weighted by atomic mass is 10.2. The molecule has 2 heterocycles. The zero-order valence-corrected chi connectivity index (χ0v) is 13.5. The van der Waals surface area contributed by atoms with Crippen molar-refractivity contribution in [1.82, 2.24) is 15.3 Å². The molecule has 2 aromatic rings. The highest BCUT2D eigenvalue weighted by Crippen LogP contribution is 2.17. The van der Waals surface area contributed by atoms with Crippen molar-refractivity contribution in [1.29, 1.82) is 0 Å². The Morgan fingerprint density at radius 1 is 1.35 bits per heavy atom. The third-order valence-electron chi connectivity index (χ3n) is 3.00. The van der Waals surface area contributed by atoms with E-state index in [9.17, 15) is 14.4 Å². The highest BCUT2D eigenvalue weighted by atomic mass is 32.1. The van der Waals surface area contributed by atoms with E-state index >= 15 is 0 Å². The number of nitrogens with one attached hydrogen (secondary N) is 3. The predicted molar refractivity (Wildman–Crippen MR) is 88.8 cm³/mol. The van der Waals surface area contributed by atoms with Gasteiger partial charge in [-0.15, -0.1) is 11.3 Å². The molecule has 0 unspecified atom stereocenters. The van der Waals surface area contributed by atoms with Gasteiger partial charge in [0.05, 0.1) is 11.3 Å². The Bertz CT molecular complexity index is 718. The standard InChI is InChI=1S/C15H18N4O3S/c1-2-7-16-12(20)6-4-11-9-23-15(18-11)19-14(22)10-3-5-13(21)17-8-10/h3,5,8-9H,2,4,6-7H2,1H3,(H,16,20)(H,17,21)(H,18,19,22). The highest BCUT2D eigenvalue weighted by Gasteiger charge is 2.10. The van der Waals surface area contributed by atoms with Crippen LogP contribution in [0.5, 0.6) is 0 Å². The number of hydrogen-bond donors (Lipinski definition) is 3. The summed E-state index contributed by atoms with van der Waals surface area (Å²) in [5.41, 5.74) is 0.846. The first-order chi connectivity index (χ1) is 11.1. The van der Waals surface area contributed by atoms with E-state index in [0.29, 0.717) is 30.1 Å². The lowest BCUT2D eigenvalue weighted by molar-refractivity contribution is -0.121. The van der Waals surface area contributed by atoms with Crippen LogP contribution in [-0.4, -0.2) is 28.3 Å². The molecule has 23 heavy (non-hydrogen) atoms. The summed E-state index contributed by atoms with van der Waals surface area (Å²) >= 11 is 1.30. The third-order valence-corrected chi connectivity index (χ3v) is 3.81. The summed E-state index contributed by atoms with van der Waals surface area (Å²) < 4.78 is 0. The van der Waals surface area contributed by atoms with Crippen molar-refractivity contribution >= 4 is 28.3 Å². The molecule has 0 radical (unpaired) electrons. The topological polar surface area (TPSA) is 104 Å². The molecule has 7 nitrogen and oxygen atoms in total. The quantitative estimate of drug-likeness (QED) is 0.714. The van der Waals surface area contributed by atoms with Crippen LogP contribution in [0.25, 0.3) is 0 Å². The Balaban J connectivity index is 1.87. The van der Waals surface area contributed by atoms with E-state index in [1.54, 1.807) is 0 Å². The van der Waals surface area contributed by atoms with Gasteiger partial charge in [-0.3, -0.25) is 19.7 Å². The maximum absolute atomic E-state index is 12.0. The van der Waals surface area contributed by atoms with Gasteiger partial charge in [-0.05, 0) is 18.9 Å². The van der Waals surface area contributed by atoms with Crippen LogP contribution < -0.4 is 16.2 Å². The number of pyridine rings is 1. The highest BCUT2D eigenvalue weighted by molar-refractivity contribution is 7.13. The molecule has 0 atom stereocenters. The van der Waals surface area contributed by atoms with Gasteiger partial charge >= 0.3 is 0 Å². The molecular weight excluding hydrogens is 316 g/mol. The van der Waals surface area contributed by atoms with E-state index in [4.69, 9.17) is 0 Å². The number of nitrogens with zero attached hydrogens (tertiary/aromatic N) is 1. The van der Waals surface area contributed by atoms with E-state index in [1.165, 1.54) is 29.7 Å². The molecule has 0 aliphatic rings. The molecular formula is C15H18N4O3S. The van der Waals surface area contributed by atoms with E-state index in [-0.39, 0.29) is 17.4 Å². The van der Waals surface area contributed by atoms with Crippen LogP contribution in [0.3, 0.4) is 0 Å². The van der Waals surface area contributed by atoms with Gasteiger partial charge in [0.2, 0.25) is 11.5 Å². The number of hydrogen-bond acceptors (Lipinski definition) is 5. The smallest absolute Gasteiger partial charge is 0.258 e. The van der Waals surface area contributed by atoms with Gasteiger partial charge in [-0.1, -0.05) is 6.92 Å². The number of aromatic amines is 1. The summed E-state index contributed by atoms with van der Waals surface area (Å²) in [6, 6.07) is 2.73. The van der Waals surface area contributed by atoms with E-state index in [1.807, 2.05) is 12.3 Å². The molecule has 8 heteroatoms. The van der Waals surface area contributed by atoms with Crippen LogP contribution in [0.4, 0.5) is 5.13 Å². The largest absolute Gasteiger partial charge is 0.356 e. The molecule has 0 saturated heterocycles. The SMILES string of the molecule is CCCNC(=O)CCc1csc(NC(=O)c2ccc(=O)[nH]c2)n1. The summed E-state index contributed by atoms with van der Waals surface area (Å²) in [6.45, 7) is 2.68. The van der Waals surface area contributed by atoms with E-state index in [2.05, 4.69) is 20.6 Å². The van der Waals surface area contributed by atoms with Crippen molar-refractivity contribution in [2.24, 2.45) is 0 Å². The van der Waals surface area contributed by atoms with Crippen LogP contribution in [0.2, 0.25) is 0 Å². The molecule has 0 aliphatic carbocycles. The van der Waals surface area contributed by atoms with Gasteiger partial charge in [-0.25, -0.2) is 4.98 Å². The lowest BCUT2D eigenvalue weighted by Gasteiger charge is -2.02. The number of aryl methyl sites for hydroxylation is 1. The number of thiazole rings is 1. The Kier molecular flexibility index (Phi) is 6.04. The van der Waals surface area contributed by atoms with Crippen molar-refractivity contribution in [2.45, 2.75) is 26.2 Å². The van der Waals surface area contributed by atoms with Crippen LogP contribution in [0.15, 0.2) is 28.5 Å². The molecule has 0 aliphatic heterocycles. The lowest BCUT2D eigenvalue weighted by Crippen LogP contribution is -2.24. The fraction of sp³-hybridized carbons (Fsp3) is 0.333. The van der Waals surface area contributed by atoms with Gasteiger partial charge in [0.1, 0.15) is 0 Å². The van der Waals surface area contributed by atoms with Crippen LogP contribution >= 0.6 is 11.3 Å². The summed E-state index contributed by atoms with van der Waals surface area (Å²) in [5, 5.41) is 7.75. The average molecular weight is 334 g/mol. The number of amides is 2. The number of carbonyl (C=O) groups is 2. The maximum atomic E-state index is 12.0.